The number of benzene rings is 3. The molecule has 0 saturated heterocycles. The molecule has 0 spiro atoms. The molecule has 3 rings (SSSR count). The van der Waals surface area contributed by atoms with Crippen LogP contribution < -0.4 is 14.8 Å². The van der Waals surface area contributed by atoms with Gasteiger partial charge in [-0.25, -0.2) is 0 Å². The van der Waals surface area contributed by atoms with Gasteiger partial charge in [0.05, 0.1) is 11.1 Å². The van der Waals surface area contributed by atoms with Crippen LogP contribution in [0.25, 0.3) is 0 Å². The normalized spacial score (nSPS) is 10.3. The molecule has 0 aliphatic rings. The Morgan fingerprint density at radius 3 is 2.30 bits per heavy atom. The maximum Gasteiger partial charge on any atom is 0.255 e. The lowest BCUT2D eigenvalue weighted by molar-refractivity contribution is 0.102. The number of para-hydroxylation sites is 1. The zero-order chi connectivity index (χ0) is 19.1. The van der Waals surface area contributed by atoms with Crippen LogP contribution in [0, 0.1) is 0 Å². The minimum atomic E-state index is -0.213. The van der Waals surface area contributed by atoms with E-state index in [-0.39, 0.29) is 5.91 Å². The number of carbonyl (C=O) groups is 1. The lowest BCUT2D eigenvalue weighted by Gasteiger charge is -2.15. The van der Waals surface area contributed by atoms with Crippen LogP contribution in [0.2, 0.25) is 0 Å². The molecule has 3 aromatic carbocycles. The van der Waals surface area contributed by atoms with Crippen LogP contribution in [0.1, 0.15) is 22.8 Å². The van der Waals surface area contributed by atoms with Gasteiger partial charge < -0.3 is 14.8 Å². The molecule has 3 aromatic rings. The largest absolute Gasteiger partial charge is 0.489 e. The van der Waals surface area contributed by atoms with Crippen LogP contribution in [0.4, 0.5) is 5.69 Å². The van der Waals surface area contributed by atoms with Gasteiger partial charge in [-0.3, -0.25) is 4.79 Å². The van der Waals surface area contributed by atoms with Crippen molar-refractivity contribution in [1.29, 1.82) is 0 Å². The first-order valence-corrected chi connectivity index (χ1v) is 9.46. The molecule has 0 radical (unpaired) electrons. The first-order chi connectivity index (χ1) is 13.2. The van der Waals surface area contributed by atoms with Crippen molar-refractivity contribution in [2.75, 3.05) is 11.9 Å². The van der Waals surface area contributed by atoms with E-state index in [1.807, 2.05) is 67.6 Å². The highest BCUT2D eigenvalue weighted by atomic mass is 79.9. The molecule has 27 heavy (non-hydrogen) atoms. The average Bonchev–Trinajstić information content (AvgIpc) is 2.70. The molecule has 0 fully saturated rings. The van der Waals surface area contributed by atoms with Gasteiger partial charge >= 0.3 is 0 Å². The Morgan fingerprint density at radius 2 is 1.63 bits per heavy atom. The summed E-state index contributed by atoms with van der Waals surface area (Å²) in [4.78, 5) is 12.6. The monoisotopic (exact) mass is 425 g/mol. The van der Waals surface area contributed by atoms with Crippen LogP contribution in [0.15, 0.2) is 77.3 Å². The Bertz CT molecular complexity index is 898. The van der Waals surface area contributed by atoms with E-state index in [1.54, 1.807) is 12.1 Å². The summed E-state index contributed by atoms with van der Waals surface area (Å²) >= 11 is 3.49. The summed E-state index contributed by atoms with van der Waals surface area (Å²) < 4.78 is 12.3. The van der Waals surface area contributed by atoms with Crippen molar-refractivity contribution in [3.8, 4) is 11.5 Å². The first-order valence-electron chi connectivity index (χ1n) is 8.67. The molecule has 138 valence electrons. The third-order valence-corrected chi connectivity index (χ3v) is 4.42. The van der Waals surface area contributed by atoms with Crippen LogP contribution in [0.3, 0.4) is 0 Å². The van der Waals surface area contributed by atoms with E-state index >= 15 is 0 Å². The third-order valence-electron chi connectivity index (χ3n) is 3.83. The van der Waals surface area contributed by atoms with Crippen LogP contribution in [-0.4, -0.2) is 12.5 Å². The topological polar surface area (TPSA) is 47.6 Å². The molecule has 5 heteroatoms. The van der Waals surface area contributed by atoms with Crippen molar-refractivity contribution in [1.82, 2.24) is 0 Å². The molecule has 0 heterocycles. The second-order valence-electron chi connectivity index (χ2n) is 5.81. The van der Waals surface area contributed by atoms with Gasteiger partial charge in [0.2, 0.25) is 0 Å². The molecule has 0 atom stereocenters. The van der Waals surface area contributed by atoms with Crippen LogP contribution in [-0.2, 0) is 6.61 Å². The lowest BCUT2D eigenvalue weighted by Crippen LogP contribution is -2.12. The second kappa shape index (κ2) is 9.24. The number of rotatable bonds is 7. The second-order valence-corrected chi connectivity index (χ2v) is 6.67. The van der Waals surface area contributed by atoms with Gasteiger partial charge in [0.15, 0.2) is 11.5 Å². The molecule has 0 aliphatic heterocycles. The Balaban J connectivity index is 1.84. The quantitative estimate of drug-likeness (QED) is 0.529. The highest BCUT2D eigenvalue weighted by Crippen LogP contribution is 2.37. The van der Waals surface area contributed by atoms with Gasteiger partial charge in [0.25, 0.3) is 5.91 Å². The molecule has 0 saturated carbocycles. The van der Waals surface area contributed by atoms with Gasteiger partial charge in [0, 0.05) is 11.3 Å². The van der Waals surface area contributed by atoms with E-state index in [0.29, 0.717) is 34.7 Å². The van der Waals surface area contributed by atoms with E-state index < -0.39 is 0 Å². The van der Waals surface area contributed by atoms with Crippen molar-refractivity contribution < 1.29 is 14.3 Å². The number of nitrogens with one attached hydrogen (secondary N) is 1. The smallest absolute Gasteiger partial charge is 0.255 e. The summed E-state index contributed by atoms with van der Waals surface area (Å²) in [6.07, 6.45) is 0. The van der Waals surface area contributed by atoms with Crippen LogP contribution >= 0.6 is 15.9 Å². The van der Waals surface area contributed by atoms with E-state index in [1.165, 1.54) is 0 Å². The first kappa shape index (κ1) is 19.0. The molecule has 4 nitrogen and oxygen atoms in total. The highest BCUT2D eigenvalue weighted by molar-refractivity contribution is 9.10. The zero-order valence-corrected chi connectivity index (χ0v) is 16.5. The Morgan fingerprint density at radius 1 is 0.963 bits per heavy atom. The fourth-order valence-electron chi connectivity index (χ4n) is 2.55. The Kier molecular flexibility index (Phi) is 6.49. The number of hydrogen-bond acceptors (Lipinski definition) is 3. The van der Waals surface area contributed by atoms with E-state index in [2.05, 4.69) is 21.2 Å². The van der Waals surface area contributed by atoms with Crippen molar-refractivity contribution in [3.05, 3.63) is 88.4 Å². The van der Waals surface area contributed by atoms with Crippen molar-refractivity contribution in [3.63, 3.8) is 0 Å². The number of carbonyl (C=O) groups excluding carboxylic acids is 1. The third kappa shape index (κ3) is 5.11. The van der Waals surface area contributed by atoms with Gasteiger partial charge in [0.1, 0.15) is 6.61 Å². The molecular weight excluding hydrogens is 406 g/mol. The summed E-state index contributed by atoms with van der Waals surface area (Å²) in [5, 5.41) is 2.88. The van der Waals surface area contributed by atoms with Gasteiger partial charge in [-0.1, -0.05) is 48.5 Å². The van der Waals surface area contributed by atoms with Crippen molar-refractivity contribution >= 4 is 27.5 Å². The predicted octanol–water partition coefficient (Wildman–Crippen LogP) is 5.68. The number of amides is 1. The molecule has 0 unspecified atom stereocenters. The number of hydrogen-bond donors (Lipinski definition) is 1. The standard InChI is InChI=1S/C22H20BrNO3/c1-2-26-21-19(23)13-17(22(25)24-18-11-7-4-8-12-18)14-20(21)27-15-16-9-5-3-6-10-16/h3-14H,2,15H2,1H3,(H,24,25). The summed E-state index contributed by atoms with van der Waals surface area (Å²) in [7, 11) is 0. The summed E-state index contributed by atoms with van der Waals surface area (Å²) in [6, 6.07) is 22.6. The molecule has 0 bridgehead atoms. The predicted molar refractivity (Wildman–Crippen MR) is 110 cm³/mol. The highest BCUT2D eigenvalue weighted by Gasteiger charge is 2.16. The molecular formula is C22H20BrNO3. The van der Waals surface area contributed by atoms with Crippen molar-refractivity contribution in [2.24, 2.45) is 0 Å². The maximum atomic E-state index is 12.6. The van der Waals surface area contributed by atoms with Gasteiger partial charge in [-0.05, 0) is 52.7 Å². The fourth-order valence-corrected chi connectivity index (χ4v) is 3.11. The molecule has 0 aliphatic carbocycles. The maximum absolute atomic E-state index is 12.6. The summed E-state index contributed by atoms with van der Waals surface area (Å²) in [5.41, 5.74) is 2.26. The average molecular weight is 426 g/mol. The number of anilines is 1. The van der Waals surface area contributed by atoms with E-state index in [0.717, 1.165) is 11.3 Å². The minimum Gasteiger partial charge on any atom is -0.489 e. The Hall–Kier alpha value is -2.79. The number of halogens is 1. The van der Waals surface area contributed by atoms with E-state index in [4.69, 9.17) is 9.47 Å². The van der Waals surface area contributed by atoms with E-state index in [9.17, 15) is 4.79 Å². The molecule has 1 amide bonds. The minimum absolute atomic E-state index is 0.213. The summed E-state index contributed by atoms with van der Waals surface area (Å²) in [5.74, 6) is 0.896. The van der Waals surface area contributed by atoms with Gasteiger partial charge in [-0.15, -0.1) is 0 Å². The fraction of sp³-hybridized carbons (Fsp3) is 0.136. The van der Waals surface area contributed by atoms with Gasteiger partial charge in [-0.2, -0.15) is 0 Å². The van der Waals surface area contributed by atoms with Crippen molar-refractivity contribution in [2.45, 2.75) is 13.5 Å². The zero-order valence-electron chi connectivity index (χ0n) is 14.9. The summed E-state index contributed by atoms with van der Waals surface area (Å²) in [6.45, 7) is 2.79. The molecule has 1 N–H and O–H groups in total. The lowest BCUT2D eigenvalue weighted by atomic mass is 10.1. The Labute approximate surface area is 167 Å². The SMILES string of the molecule is CCOc1c(Br)cc(C(=O)Nc2ccccc2)cc1OCc1ccccc1. The number of ether oxygens (including phenoxy) is 2. The van der Waals surface area contributed by atoms with Crippen LogP contribution in [0.5, 0.6) is 11.5 Å². The molecule has 0 aromatic heterocycles.